The van der Waals surface area contributed by atoms with Crippen LogP contribution in [0.4, 0.5) is 0 Å². The molecular formula is C9H19BrN2S. The molecule has 2 nitrogen and oxygen atoms in total. The van der Waals surface area contributed by atoms with E-state index in [0.717, 1.165) is 11.7 Å². The van der Waals surface area contributed by atoms with Gasteiger partial charge in [0.2, 0.25) is 0 Å². The molecule has 0 saturated heterocycles. The van der Waals surface area contributed by atoms with Crippen molar-refractivity contribution in [2.45, 2.75) is 38.5 Å². The van der Waals surface area contributed by atoms with E-state index in [2.05, 4.69) is 0 Å². The summed E-state index contributed by atoms with van der Waals surface area (Å²) >= 11 is 1.49. The molecule has 1 aliphatic carbocycles. The van der Waals surface area contributed by atoms with Crippen molar-refractivity contribution in [3.05, 3.63) is 0 Å². The number of hydrogen-bond acceptors (Lipinski definition) is 2. The third kappa shape index (κ3) is 6.38. The van der Waals surface area contributed by atoms with E-state index >= 15 is 0 Å². The van der Waals surface area contributed by atoms with Crippen LogP contribution >= 0.6 is 28.7 Å². The van der Waals surface area contributed by atoms with Crippen LogP contribution in [0.25, 0.3) is 0 Å². The maximum atomic E-state index is 7.05. The number of nitrogens with two attached hydrogens (primary N) is 1. The van der Waals surface area contributed by atoms with E-state index < -0.39 is 0 Å². The van der Waals surface area contributed by atoms with Crippen molar-refractivity contribution in [2.24, 2.45) is 11.7 Å². The number of nitrogens with one attached hydrogen (secondary N) is 1. The van der Waals surface area contributed by atoms with Gasteiger partial charge in [0.25, 0.3) is 0 Å². The minimum atomic E-state index is 0. The second-order valence-electron chi connectivity index (χ2n) is 3.51. The number of amidine groups is 1. The Morgan fingerprint density at radius 3 is 2.46 bits per heavy atom. The van der Waals surface area contributed by atoms with Crippen LogP contribution in [0, 0.1) is 11.3 Å². The van der Waals surface area contributed by atoms with Crippen LogP contribution in [0.3, 0.4) is 0 Å². The summed E-state index contributed by atoms with van der Waals surface area (Å²) in [5, 5.41) is 7.32. The minimum Gasteiger partial charge on any atom is -0.379 e. The Kier molecular flexibility index (Phi) is 7.86. The molecule has 0 aromatic rings. The van der Waals surface area contributed by atoms with E-state index in [1.54, 1.807) is 0 Å². The molecule has 13 heavy (non-hydrogen) atoms. The maximum Gasteiger partial charge on any atom is 0.151 e. The molecule has 0 unspecified atom stereocenters. The Hall–Kier alpha value is 0.300. The summed E-state index contributed by atoms with van der Waals surface area (Å²) in [5.74, 6) is 1.96. The lowest BCUT2D eigenvalue weighted by Crippen LogP contribution is -2.10. The largest absolute Gasteiger partial charge is 0.379 e. The monoisotopic (exact) mass is 266 g/mol. The molecule has 1 fully saturated rings. The quantitative estimate of drug-likeness (QED) is 0.609. The highest BCUT2D eigenvalue weighted by molar-refractivity contribution is 8.93. The number of rotatable bonds is 3. The van der Waals surface area contributed by atoms with Gasteiger partial charge in [-0.25, -0.2) is 0 Å². The van der Waals surface area contributed by atoms with Gasteiger partial charge in [-0.2, -0.15) is 0 Å². The van der Waals surface area contributed by atoms with Crippen LogP contribution in [0.1, 0.15) is 38.5 Å². The van der Waals surface area contributed by atoms with Gasteiger partial charge in [0, 0.05) is 5.75 Å². The second-order valence-corrected chi connectivity index (χ2v) is 4.64. The Labute approximate surface area is 95.3 Å². The molecule has 78 valence electrons. The SMILES string of the molecule is Br.N=C(N)SCCC1CCCCC1. The van der Waals surface area contributed by atoms with Gasteiger partial charge in [0.05, 0.1) is 0 Å². The predicted octanol–water partition coefficient (Wildman–Crippen LogP) is 3.16. The summed E-state index contributed by atoms with van der Waals surface area (Å²) in [6.07, 6.45) is 8.31. The van der Waals surface area contributed by atoms with Crippen molar-refractivity contribution in [3.63, 3.8) is 0 Å². The molecule has 0 heterocycles. The van der Waals surface area contributed by atoms with E-state index in [4.69, 9.17) is 11.1 Å². The molecule has 1 rings (SSSR count). The zero-order valence-electron chi connectivity index (χ0n) is 7.92. The highest BCUT2D eigenvalue weighted by atomic mass is 79.9. The number of hydrogen-bond donors (Lipinski definition) is 2. The summed E-state index contributed by atoms with van der Waals surface area (Å²) in [5.41, 5.74) is 5.25. The molecule has 0 radical (unpaired) electrons. The van der Waals surface area contributed by atoms with Gasteiger partial charge < -0.3 is 5.73 Å². The predicted molar refractivity (Wildman–Crippen MR) is 65.9 cm³/mol. The van der Waals surface area contributed by atoms with Crippen molar-refractivity contribution in [2.75, 3.05) is 5.75 Å². The molecule has 0 aromatic heterocycles. The van der Waals surface area contributed by atoms with Gasteiger partial charge in [0.15, 0.2) is 5.17 Å². The van der Waals surface area contributed by atoms with Gasteiger partial charge in [0.1, 0.15) is 0 Å². The van der Waals surface area contributed by atoms with E-state index in [1.165, 1.54) is 50.3 Å². The van der Waals surface area contributed by atoms with Crippen LogP contribution in [0.5, 0.6) is 0 Å². The summed E-state index contributed by atoms with van der Waals surface area (Å²) in [7, 11) is 0. The standard InChI is InChI=1S/C9H18N2S.BrH/c10-9(11)12-7-6-8-4-2-1-3-5-8;/h8H,1-7H2,(H3,10,11);1H. The van der Waals surface area contributed by atoms with Gasteiger partial charge in [-0.15, -0.1) is 17.0 Å². The average Bonchev–Trinajstić information content (AvgIpc) is 2.05. The topological polar surface area (TPSA) is 49.9 Å². The first-order valence-electron chi connectivity index (χ1n) is 4.76. The Morgan fingerprint density at radius 1 is 1.31 bits per heavy atom. The van der Waals surface area contributed by atoms with Crippen LogP contribution < -0.4 is 5.73 Å². The van der Waals surface area contributed by atoms with Crippen molar-refractivity contribution in [1.29, 1.82) is 5.41 Å². The summed E-state index contributed by atoms with van der Waals surface area (Å²) in [6, 6.07) is 0. The molecule has 1 saturated carbocycles. The Bertz CT molecular complexity index is 147. The molecule has 0 atom stereocenters. The van der Waals surface area contributed by atoms with Crippen molar-refractivity contribution < 1.29 is 0 Å². The zero-order valence-corrected chi connectivity index (χ0v) is 10.5. The first-order chi connectivity index (χ1) is 5.79. The normalized spacial score (nSPS) is 17.8. The average molecular weight is 267 g/mol. The highest BCUT2D eigenvalue weighted by Crippen LogP contribution is 2.27. The van der Waals surface area contributed by atoms with Crippen LogP contribution in [0.2, 0.25) is 0 Å². The van der Waals surface area contributed by atoms with Gasteiger partial charge >= 0.3 is 0 Å². The van der Waals surface area contributed by atoms with E-state index in [9.17, 15) is 0 Å². The fourth-order valence-corrected chi connectivity index (χ4v) is 2.48. The van der Waals surface area contributed by atoms with Gasteiger partial charge in [-0.1, -0.05) is 43.9 Å². The number of halogens is 1. The fourth-order valence-electron chi connectivity index (χ4n) is 1.81. The third-order valence-corrected chi connectivity index (χ3v) is 3.26. The lowest BCUT2D eigenvalue weighted by Gasteiger charge is -2.20. The molecule has 0 amide bonds. The molecular weight excluding hydrogens is 248 g/mol. The highest BCUT2D eigenvalue weighted by Gasteiger charge is 2.12. The molecule has 0 spiro atoms. The molecule has 3 N–H and O–H groups in total. The van der Waals surface area contributed by atoms with Crippen molar-refractivity contribution in [1.82, 2.24) is 0 Å². The van der Waals surface area contributed by atoms with Crippen LogP contribution in [-0.4, -0.2) is 10.9 Å². The molecule has 0 aromatic carbocycles. The smallest absolute Gasteiger partial charge is 0.151 e. The summed E-state index contributed by atoms with van der Waals surface area (Å²) < 4.78 is 0. The number of thioether (sulfide) groups is 1. The fraction of sp³-hybridized carbons (Fsp3) is 0.889. The summed E-state index contributed by atoms with van der Waals surface area (Å²) in [6.45, 7) is 0. The van der Waals surface area contributed by atoms with Crippen LogP contribution in [0.15, 0.2) is 0 Å². The zero-order chi connectivity index (χ0) is 8.81. The minimum absolute atomic E-state index is 0. The molecule has 0 aliphatic heterocycles. The van der Waals surface area contributed by atoms with E-state index in [1.807, 2.05) is 0 Å². The van der Waals surface area contributed by atoms with E-state index in [0.29, 0.717) is 0 Å². The molecule has 0 bridgehead atoms. The first-order valence-corrected chi connectivity index (χ1v) is 5.74. The van der Waals surface area contributed by atoms with Crippen molar-refractivity contribution >= 4 is 33.9 Å². The first kappa shape index (κ1) is 13.3. The molecule has 1 aliphatic rings. The van der Waals surface area contributed by atoms with Crippen molar-refractivity contribution in [3.8, 4) is 0 Å². The second kappa shape index (κ2) is 7.68. The van der Waals surface area contributed by atoms with E-state index in [-0.39, 0.29) is 22.1 Å². The lowest BCUT2D eigenvalue weighted by molar-refractivity contribution is 0.352. The lowest BCUT2D eigenvalue weighted by atomic mass is 9.88. The third-order valence-electron chi connectivity index (χ3n) is 2.51. The van der Waals surface area contributed by atoms with Crippen LogP contribution in [-0.2, 0) is 0 Å². The van der Waals surface area contributed by atoms with Gasteiger partial charge in [-0.05, 0) is 12.3 Å². The Morgan fingerprint density at radius 2 is 1.92 bits per heavy atom. The molecule has 4 heteroatoms. The summed E-state index contributed by atoms with van der Waals surface area (Å²) in [4.78, 5) is 0. The Balaban J connectivity index is 0.00000144. The van der Waals surface area contributed by atoms with Gasteiger partial charge in [-0.3, -0.25) is 5.41 Å². The maximum absolute atomic E-state index is 7.05.